The Morgan fingerprint density at radius 1 is 1.04 bits per heavy atom. The number of carbonyl (C=O) groups is 2. The first-order valence-electron chi connectivity index (χ1n) is 9.14. The topological polar surface area (TPSA) is 90.0 Å². The van der Waals surface area contributed by atoms with Crippen molar-refractivity contribution >= 4 is 22.1 Å². The van der Waals surface area contributed by atoms with E-state index >= 15 is 0 Å². The van der Waals surface area contributed by atoms with E-state index in [2.05, 4.69) is 0 Å². The van der Waals surface area contributed by atoms with Crippen LogP contribution in [0.15, 0.2) is 29.2 Å². The van der Waals surface area contributed by atoms with Crippen LogP contribution in [0.2, 0.25) is 0 Å². The lowest BCUT2D eigenvalue weighted by atomic mass is 10.1. The summed E-state index contributed by atoms with van der Waals surface area (Å²) >= 11 is 0. The maximum atomic E-state index is 13.2. The molecule has 0 bridgehead atoms. The number of ether oxygens (including phenoxy) is 2. The van der Waals surface area contributed by atoms with E-state index in [4.69, 9.17) is 9.47 Å². The number of carbonyl (C=O) groups excluding carboxylic acids is 2. The molecule has 0 heterocycles. The Bertz CT molecular complexity index is 846. The van der Waals surface area contributed by atoms with Crippen LogP contribution >= 0.6 is 0 Å². The van der Waals surface area contributed by atoms with Crippen LogP contribution in [0.5, 0.6) is 0 Å². The van der Waals surface area contributed by atoms with Gasteiger partial charge in [-0.25, -0.2) is 13.2 Å². The summed E-state index contributed by atoms with van der Waals surface area (Å²) in [5, 5.41) is 0. The van der Waals surface area contributed by atoms with E-state index in [-0.39, 0.29) is 22.7 Å². The summed E-state index contributed by atoms with van der Waals surface area (Å²) in [4.78, 5) is 24.2. The van der Waals surface area contributed by atoms with E-state index in [9.17, 15) is 18.0 Å². The second kappa shape index (κ2) is 7.39. The van der Waals surface area contributed by atoms with Gasteiger partial charge >= 0.3 is 12.1 Å². The van der Waals surface area contributed by atoms with Gasteiger partial charge in [-0.3, -0.25) is 4.79 Å². The molecule has 0 saturated heterocycles. The first-order chi connectivity index (χ1) is 12.7. The highest BCUT2D eigenvalue weighted by molar-refractivity contribution is 7.89. The van der Waals surface area contributed by atoms with Gasteiger partial charge < -0.3 is 9.47 Å². The molecule has 0 N–H and O–H groups in total. The van der Waals surface area contributed by atoms with Crippen molar-refractivity contribution in [2.45, 2.75) is 69.9 Å². The van der Waals surface area contributed by atoms with Crippen molar-refractivity contribution in [2.24, 2.45) is 5.92 Å². The van der Waals surface area contributed by atoms with Crippen molar-refractivity contribution in [2.75, 3.05) is 7.11 Å². The van der Waals surface area contributed by atoms with Gasteiger partial charge in [-0.2, -0.15) is 4.31 Å². The van der Waals surface area contributed by atoms with Crippen molar-refractivity contribution in [1.29, 1.82) is 0 Å². The molecule has 1 aliphatic rings. The third-order valence-electron chi connectivity index (χ3n) is 4.31. The molecule has 1 aromatic carbocycles. The van der Waals surface area contributed by atoms with Gasteiger partial charge in [0.25, 0.3) is 10.0 Å². The summed E-state index contributed by atoms with van der Waals surface area (Å²) in [7, 11) is -2.77. The molecular weight excluding hydrogens is 382 g/mol. The molecule has 156 valence electrons. The van der Waals surface area contributed by atoms with Crippen molar-refractivity contribution in [3.8, 4) is 0 Å². The Balaban J connectivity index is 2.30. The predicted octanol–water partition coefficient (Wildman–Crippen LogP) is 3.69. The molecule has 0 aromatic heterocycles. The van der Waals surface area contributed by atoms with Crippen molar-refractivity contribution in [3.05, 3.63) is 29.8 Å². The lowest BCUT2D eigenvalue weighted by Crippen LogP contribution is -2.51. The van der Waals surface area contributed by atoms with Gasteiger partial charge in [-0.05, 0) is 71.6 Å². The molecule has 2 rings (SSSR count). The van der Waals surface area contributed by atoms with Gasteiger partial charge in [0.1, 0.15) is 5.60 Å². The third kappa shape index (κ3) is 4.84. The number of benzene rings is 1. The Morgan fingerprint density at radius 3 is 2.00 bits per heavy atom. The van der Waals surface area contributed by atoms with Crippen molar-refractivity contribution in [3.63, 3.8) is 0 Å². The van der Waals surface area contributed by atoms with Crippen LogP contribution in [0.25, 0.3) is 0 Å². The minimum absolute atomic E-state index is 0.00713. The van der Waals surface area contributed by atoms with Crippen molar-refractivity contribution in [1.82, 2.24) is 4.31 Å². The zero-order chi connectivity index (χ0) is 21.5. The Labute approximate surface area is 167 Å². The Hall–Kier alpha value is -2.09. The summed E-state index contributed by atoms with van der Waals surface area (Å²) in [6, 6.07) is 6.27. The highest BCUT2D eigenvalue weighted by Crippen LogP contribution is 2.48. The molecule has 0 aliphatic heterocycles. The minimum Gasteiger partial charge on any atom is -0.469 e. The highest BCUT2D eigenvalue weighted by Gasteiger charge is 2.45. The van der Waals surface area contributed by atoms with Crippen LogP contribution in [0.3, 0.4) is 0 Å². The van der Waals surface area contributed by atoms with Crippen LogP contribution in [-0.2, 0) is 24.3 Å². The molecule has 1 saturated carbocycles. The second-order valence-electron chi connectivity index (χ2n) is 8.96. The predicted molar refractivity (Wildman–Crippen MR) is 104 cm³/mol. The standard InChI is InChI=1S/C20H29NO6S/c1-19(2,3)21(18(23)27-20(4,5)6)28(24,25)14-10-8-13(9-11-14)15-12-16(15)17(22)26-7/h8-11,15-16H,12H2,1-7H3/t15-,16+/m0/s1. The van der Waals surface area contributed by atoms with Gasteiger partial charge in [0.05, 0.1) is 23.5 Å². The molecule has 1 aliphatic carbocycles. The minimum atomic E-state index is -4.12. The molecule has 0 unspecified atom stereocenters. The fourth-order valence-electron chi connectivity index (χ4n) is 3.00. The number of methoxy groups -OCH3 is 1. The molecule has 7 nitrogen and oxygen atoms in total. The van der Waals surface area contributed by atoms with Crippen LogP contribution < -0.4 is 0 Å². The quantitative estimate of drug-likeness (QED) is 0.702. The van der Waals surface area contributed by atoms with Gasteiger partial charge in [-0.15, -0.1) is 0 Å². The summed E-state index contributed by atoms with van der Waals surface area (Å²) in [6.07, 6.45) is -0.234. The molecule has 2 atom stereocenters. The number of amides is 1. The molecular formula is C20H29NO6S. The second-order valence-corrected chi connectivity index (χ2v) is 10.7. The first-order valence-corrected chi connectivity index (χ1v) is 10.6. The first kappa shape index (κ1) is 22.2. The molecule has 1 amide bonds. The Morgan fingerprint density at radius 2 is 1.57 bits per heavy atom. The monoisotopic (exact) mass is 411 g/mol. The lowest BCUT2D eigenvalue weighted by molar-refractivity contribution is -0.142. The average Bonchev–Trinajstić information content (AvgIpc) is 3.31. The maximum Gasteiger partial charge on any atom is 0.424 e. The van der Waals surface area contributed by atoms with Crippen LogP contribution in [0, 0.1) is 5.92 Å². The summed E-state index contributed by atoms with van der Waals surface area (Å²) < 4.78 is 37.2. The summed E-state index contributed by atoms with van der Waals surface area (Å²) in [5.41, 5.74) is -0.963. The fraction of sp³-hybridized carbons (Fsp3) is 0.600. The summed E-state index contributed by atoms with van der Waals surface area (Å²) in [5.74, 6) is -0.403. The lowest BCUT2D eigenvalue weighted by Gasteiger charge is -2.35. The Kier molecular flexibility index (Phi) is 5.86. The van der Waals surface area contributed by atoms with E-state index in [0.717, 1.165) is 9.87 Å². The van der Waals surface area contributed by atoms with Crippen LogP contribution in [-0.4, -0.2) is 43.0 Å². The molecule has 0 radical (unpaired) electrons. The van der Waals surface area contributed by atoms with Gasteiger partial charge in [0, 0.05) is 0 Å². The number of nitrogens with zero attached hydrogens (tertiary/aromatic N) is 1. The molecule has 0 spiro atoms. The maximum absolute atomic E-state index is 13.2. The SMILES string of the molecule is COC(=O)[C@@H]1C[C@H]1c1ccc(S(=O)(=O)N(C(=O)OC(C)(C)C)C(C)(C)C)cc1. The molecule has 8 heteroatoms. The molecule has 1 aromatic rings. The van der Waals surface area contributed by atoms with E-state index in [1.807, 2.05) is 0 Å². The summed E-state index contributed by atoms with van der Waals surface area (Å²) in [6.45, 7) is 9.94. The number of esters is 1. The van der Waals surface area contributed by atoms with Crippen molar-refractivity contribution < 1.29 is 27.5 Å². The highest BCUT2D eigenvalue weighted by atomic mass is 32.2. The molecule has 28 heavy (non-hydrogen) atoms. The van der Waals surface area contributed by atoms with Gasteiger partial charge in [0.15, 0.2) is 0 Å². The molecule has 1 fully saturated rings. The number of rotatable bonds is 4. The third-order valence-corrected chi connectivity index (χ3v) is 6.35. The van der Waals surface area contributed by atoms with Gasteiger partial charge in [0.2, 0.25) is 0 Å². The van der Waals surface area contributed by atoms with Crippen LogP contribution in [0.4, 0.5) is 4.79 Å². The normalized spacial score (nSPS) is 19.7. The van der Waals surface area contributed by atoms with E-state index in [1.54, 1.807) is 53.7 Å². The van der Waals surface area contributed by atoms with Gasteiger partial charge in [-0.1, -0.05) is 12.1 Å². The number of hydrogen-bond donors (Lipinski definition) is 0. The zero-order valence-electron chi connectivity index (χ0n) is 17.5. The van der Waals surface area contributed by atoms with E-state index in [1.165, 1.54) is 19.2 Å². The van der Waals surface area contributed by atoms with E-state index < -0.39 is 27.3 Å². The average molecular weight is 412 g/mol. The van der Waals surface area contributed by atoms with Crippen LogP contribution in [0.1, 0.15) is 59.4 Å². The number of sulfonamides is 1. The van der Waals surface area contributed by atoms with E-state index in [0.29, 0.717) is 6.42 Å². The smallest absolute Gasteiger partial charge is 0.424 e. The fourth-order valence-corrected chi connectivity index (χ4v) is 4.65. The number of hydrogen-bond acceptors (Lipinski definition) is 6. The largest absolute Gasteiger partial charge is 0.469 e. The zero-order valence-corrected chi connectivity index (χ0v) is 18.3.